The molecule has 0 bridgehead atoms. The lowest BCUT2D eigenvalue weighted by molar-refractivity contribution is 0.203. The van der Waals surface area contributed by atoms with Crippen molar-refractivity contribution in [3.05, 3.63) is 0 Å². The summed E-state index contributed by atoms with van der Waals surface area (Å²) in [6.45, 7) is 2.51. The largest absolute Gasteiger partial charge is 0.330 e. The van der Waals surface area contributed by atoms with Crippen LogP contribution in [0.15, 0.2) is 0 Å². The highest BCUT2D eigenvalue weighted by molar-refractivity contribution is 7.86. The van der Waals surface area contributed by atoms with E-state index in [1.165, 1.54) is 0 Å². The van der Waals surface area contributed by atoms with Gasteiger partial charge in [0.25, 0.3) is 10.2 Å². The molecule has 112 valence electrons. The minimum atomic E-state index is -3.27. The van der Waals surface area contributed by atoms with Crippen molar-refractivity contribution in [2.45, 2.75) is 57.4 Å². The number of hydrogen-bond acceptors (Lipinski definition) is 3. The van der Waals surface area contributed by atoms with Gasteiger partial charge in [-0.05, 0) is 38.6 Å². The summed E-state index contributed by atoms with van der Waals surface area (Å²) in [7, 11) is -3.27. The van der Waals surface area contributed by atoms with E-state index in [1.807, 2.05) is 0 Å². The van der Waals surface area contributed by atoms with Crippen molar-refractivity contribution in [2.24, 2.45) is 5.73 Å². The van der Waals surface area contributed by atoms with Crippen LogP contribution < -0.4 is 5.73 Å². The van der Waals surface area contributed by atoms with E-state index in [0.717, 1.165) is 51.4 Å². The highest BCUT2D eigenvalue weighted by atomic mass is 32.2. The first kappa shape index (κ1) is 15.2. The summed E-state index contributed by atoms with van der Waals surface area (Å²) in [5.74, 6) is 0. The van der Waals surface area contributed by atoms with Crippen LogP contribution in [0.25, 0.3) is 0 Å². The monoisotopic (exact) mass is 289 g/mol. The summed E-state index contributed by atoms with van der Waals surface area (Å²) in [5, 5.41) is 0. The van der Waals surface area contributed by atoms with Gasteiger partial charge in [-0.15, -0.1) is 0 Å². The summed E-state index contributed by atoms with van der Waals surface area (Å²) in [6.07, 6.45) is 8.22. The highest BCUT2D eigenvalue weighted by Crippen LogP contribution is 2.29. The minimum Gasteiger partial charge on any atom is -0.330 e. The van der Waals surface area contributed by atoms with Gasteiger partial charge in [0.15, 0.2) is 0 Å². The molecule has 0 aromatic heterocycles. The molecular formula is C13H27N3O2S. The standard InChI is InChI=1S/C13H27N3O2S/c14-9-6-12-16(13-7-5-8-13)19(17,18)15-10-3-1-2-4-11-15/h13H,1-12,14H2. The van der Waals surface area contributed by atoms with E-state index < -0.39 is 10.2 Å². The second-order valence-corrected chi connectivity index (χ2v) is 7.54. The van der Waals surface area contributed by atoms with E-state index in [0.29, 0.717) is 26.2 Å². The van der Waals surface area contributed by atoms with Gasteiger partial charge < -0.3 is 5.73 Å². The maximum absolute atomic E-state index is 12.8. The zero-order chi connectivity index (χ0) is 13.7. The molecule has 2 rings (SSSR count). The fourth-order valence-electron chi connectivity index (χ4n) is 2.83. The Labute approximate surface area is 117 Å². The second-order valence-electron chi connectivity index (χ2n) is 5.66. The van der Waals surface area contributed by atoms with Gasteiger partial charge in [0.05, 0.1) is 0 Å². The fourth-order valence-corrected chi connectivity index (χ4v) is 4.79. The van der Waals surface area contributed by atoms with Crippen LogP contribution in [0, 0.1) is 0 Å². The van der Waals surface area contributed by atoms with Crippen molar-refractivity contribution >= 4 is 10.2 Å². The molecule has 1 saturated heterocycles. The van der Waals surface area contributed by atoms with Gasteiger partial charge in [-0.1, -0.05) is 19.3 Å². The third kappa shape index (κ3) is 3.68. The molecule has 1 aliphatic carbocycles. The van der Waals surface area contributed by atoms with Crippen LogP contribution >= 0.6 is 0 Å². The molecule has 0 radical (unpaired) electrons. The molecule has 0 aromatic carbocycles. The van der Waals surface area contributed by atoms with Crippen LogP contribution in [-0.4, -0.2) is 49.2 Å². The van der Waals surface area contributed by atoms with E-state index in [4.69, 9.17) is 5.73 Å². The van der Waals surface area contributed by atoms with Gasteiger partial charge in [0.2, 0.25) is 0 Å². The van der Waals surface area contributed by atoms with Gasteiger partial charge in [-0.3, -0.25) is 0 Å². The van der Waals surface area contributed by atoms with Gasteiger partial charge in [0, 0.05) is 25.7 Å². The van der Waals surface area contributed by atoms with Gasteiger partial charge in [0.1, 0.15) is 0 Å². The van der Waals surface area contributed by atoms with Crippen LogP contribution in [0.5, 0.6) is 0 Å². The van der Waals surface area contributed by atoms with E-state index in [1.54, 1.807) is 8.61 Å². The molecule has 0 aromatic rings. The van der Waals surface area contributed by atoms with Crippen LogP contribution in [0.4, 0.5) is 0 Å². The Hall–Kier alpha value is -0.170. The van der Waals surface area contributed by atoms with Crippen molar-refractivity contribution in [3.63, 3.8) is 0 Å². The third-order valence-electron chi connectivity index (χ3n) is 4.25. The van der Waals surface area contributed by atoms with Crippen molar-refractivity contribution < 1.29 is 8.42 Å². The lowest BCUT2D eigenvalue weighted by Gasteiger charge is -2.39. The molecule has 0 amide bonds. The van der Waals surface area contributed by atoms with Gasteiger partial charge in [-0.2, -0.15) is 17.0 Å². The predicted molar refractivity (Wildman–Crippen MR) is 77.0 cm³/mol. The lowest BCUT2D eigenvalue weighted by atomic mass is 9.93. The molecule has 6 heteroatoms. The molecule has 1 saturated carbocycles. The first-order chi connectivity index (χ1) is 9.16. The van der Waals surface area contributed by atoms with E-state index in [-0.39, 0.29) is 6.04 Å². The zero-order valence-electron chi connectivity index (χ0n) is 11.8. The quantitative estimate of drug-likeness (QED) is 0.801. The molecule has 19 heavy (non-hydrogen) atoms. The maximum Gasteiger partial charge on any atom is 0.282 e. The summed E-state index contributed by atoms with van der Waals surface area (Å²) >= 11 is 0. The summed E-state index contributed by atoms with van der Waals surface area (Å²) in [5.41, 5.74) is 5.55. The molecule has 5 nitrogen and oxygen atoms in total. The molecule has 0 unspecified atom stereocenters. The van der Waals surface area contributed by atoms with Crippen molar-refractivity contribution in [2.75, 3.05) is 26.2 Å². The topological polar surface area (TPSA) is 66.6 Å². The van der Waals surface area contributed by atoms with E-state index in [2.05, 4.69) is 0 Å². The van der Waals surface area contributed by atoms with E-state index >= 15 is 0 Å². The Kier molecular flexibility index (Phi) is 5.62. The third-order valence-corrected chi connectivity index (χ3v) is 6.34. The van der Waals surface area contributed by atoms with Crippen LogP contribution in [-0.2, 0) is 10.2 Å². The van der Waals surface area contributed by atoms with Gasteiger partial charge >= 0.3 is 0 Å². The first-order valence-corrected chi connectivity index (χ1v) is 9.03. The zero-order valence-corrected chi connectivity index (χ0v) is 12.6. The maximum atomic E-state index is 12.8. The molecular weight excluding hydrogens is 262 g/mol. The Morgan fingerprint density at radius 3 is 2.16 bits per heavy atom. The molecule has 1 heterocycles. The Morgan fingerprint density at radius 1 is 1.05 bits per heavy atom. The smallest absolute Gasteiger partial charge is 0.282 e. The van der Waals surface area contributed by atoms with Crippen LogP contribution in [0.2, 0.25) is 0 Å². The Balaban J connectivity index is 2.07. The van der Waals surface area contributed by atoms with Crippen molar-refractivity contribution in [1.29, 1.82) is 0 Å². The second kappa shape index (κ2) is 7.02. The van der Waals surface area contributed by atoms with Crippen molar-refractivity contribution in [3.8, 4) is 0 Å². The number of hydrogen-bond donors (Lipinski definition) is 1. The molecule has 2 fully saturated rings. The predicted octanol–water partition coefficient (Wildman–Crippen LogP) is 1.31. The summed E-state index contributed by atoms with van der Waals surface area (Å²) < 4.78 is 29.0. The fraction of sp³-hybridized carbons (Fsp3) is 1.00. The molecule has 2 N–H and O–H groups in total. The lowest BCUT2D eigenvalue weighted by Crippen LogP contribution is -2.51. The summed E-state index contributed by atoms with van der Waals surface area (Å²) in [4.78, 5) is 0. The SMILES string of the molecule is NCCCN(C1CCC1)S(=O)(=O)N1CCCCCC1. The van der Waals surface area contributed by atoms with Crippen LogP contribution in [0.3, 0.4) is 0 Å². The molecule has 1 aliphatic heterocycles. The molecule has 2 aliphatic rings. The summed E-state index contributed by atoms with van der Waals surface area (Å²) in [6, 6.07) is 0.222. The number of nitrogens with zero attached hydrogens (tertiary/aromatic N) is 2. The van der Waals surface area contributed by atoms with Crippen LogP contribution in [0.1, 0.15) is 51.4 Å². The molecule has 0 spiro atoms. The van der Waals surface area contributed by atoms with E-state index in [9.17, 15) is 8.42 Å². The minimum absolute atomic E-state index is 0.222. The average molecular weight is 289 g/mol. The molecule has 0 atom stereocenters. The Bertz CT molecular complexity index is 360. The normalized spacial score (nSPS) is 23.3. The highest BCUT2D eigenvalue weighted by Gasteiger charge is 2.37. The first-order valence-electron chi connectivity index (χ1n) is 7.63. The average Bonchev–Trinajstić information content (AvgIpc) is 2.60. The number of nitrogens with two attached hydrogens (primary N) is 1. The number of rotatable bonds is 6. The van der Waals surface area contributed by atoms with Crippen molar-refractivity contribution in [1.82, 2.24) is 8.61 Å². The van der Waals surface area contributed by atoms with Gasteiger partial charge in [-0.25, -0.2) is 0 Å². The Morgan fingerprint density at radius 2 is 1.68 bits per heavy atom.